The molecule has 0 fully saturated rings. The average Bonchev–Trinajstić information content (AvgIpc) is 2.51. The van der Waals surface area contributed by atoms with Crippen molar-refractivity contribution in [2.24, 2.45) is 5.73 Å². The van der Waals surface area contributed by atoms with Crippen LogP contribution in [0.2, 0.25) is 0 Å². The highest BCUT2D eigenvalue weighted by Gasteiger charge is 2.30. The molecule has 7 nitrogen and oxygen atoms in total. The number of rotatable bonds is 9. The highest BCUT2D eigenvalue weighted by atomic mass is 16.5. The van der Waals surface area contributed by atoms with Crippen LogP contribution in [0, 0.1) is 0 Å². The van der Waals surface area contributed by atoms with Crippen LogP contribution in [0.15, 0.2) is 30.3 Å². The Morgan fingerprint density at radius 3 is 2.52 bits per heavy atom. The highest BCUT2D eigenvalue weighted by molar-refractivity contribution is 5.79. The summed E-state index contributed by atoms with van der Waals surface area (Å²) in [6.45, 7) is 3.11. The van der Waals surface area contributed by atoms with Gasteiger partial charge in [-0.25, -0.2) is 0 Å². The standard InChI is InChI=1S/C16H23N3O4/c1-12(17)15(22)23-9-8-18-16(11-20,19-13(2)21)10-14-6-4-3-5-7-14/h3-7,11-12,18H,8-10,17H2,1-2H3,(H,19,21)/t12-,16+/m0/s1. The Kier molecular flexibility index (Phi) is 7.37. The lowest BCUT2D eigenvalue weighted by atomic mass is 10.0. The molecule has 0 saturated heterocycles. The minimum Gasteiger partial charge on any atom is -0.463 e. The summed E-state index contributed by atoms with van der Waals surface area (Å²) in [6.07, 6.45) is 0.924. The molecule has 0 aromatic heterocycles. The van der Waals surface area contributed by atoms with E-state index in [4.69, 9.17) is 10.5 Å². The molecule has 0 aliphatic rings. The molecule has 0 spiro atoms. The smallest absolute Gasteiger partial charge is 0.322 e. The zero-order valence-electron chi connectivity index (χ0n) is 13.4. The van der Waals surface area contributed by atoms with Crippen molar-refractivity contribution >= 4 is 18.2 Å². The molecule has 0 unspecified atom stereocenters. The number of benzene rings is 1. The van der Waals surface area contributed by atoms with E-state index in [1.807, 2.05) is 30.3 Å². The van der Waals surface area contributed by atoms with Gasteiger partial charge in [0.2, 0.25) is 5.91 Å². The molecule has 4 N–H and O–H groups in total. The molecular formula is C16H23N3O4. The topological polar surface area (TPSA) is 111 Å². The van der Waals surface area contributed by atoms with Crippen molar-refractivity contribution in [3.8, 4) is 0 Å². The van der Waals surface area contributed by atoms with E-state index in [-0.39, 0.29) is 25.5 Å². The van der Waals surface area contributed by atoms with Gasteiger partial charge in [0.05, 0.1) is 0 Å². The van der Waals surface area contributed by atoms with E-state index >= 15 is 0 Å². The molecule has 126 valence electrons. The number of carbonyl (C=O) groups excluding carboxylic acids is 3. The lowest BCUT2D eigenvalue weighted by Gasteiger charge is -2.30. The van der Waals surface area contributed by atoms with Gasteiger partial charge in [-0.3, -0.25) is 19.7 Å². The quantitative estimate of drug-likeness (QED) is 0.250. The lowest BCUT2D eigenvalue weighted by Crippen LogP contribution is -2.62. The second kappa shape index (κ2) is 9.02. The highest BCUT2D eigenvalue weighted by Crippen LogP contribution is 2.09. The molecule has 0 saturated carbocycles. The van der Waals surface area contributed by atoms with Gasteiger partial charge in [-0.05, 0) is 12.5 Å². The maximum absolute atomic E-state index is 11.6. The zero-order chi connectivity index (χ0) is 17.3. The molecule has 1 aromatic carbocycles. The average molecular weight is 321 g/mol. The fourth-order valence-electron chi connectivity index (χ4n) is 2.05. The first-order valence-corrected chi connectivity index (χ1v) is 7.35. The summed E-state index contributed by atoms with van der Waals surface area (Å²) in [5.74, 6) is -0.862. The van der Waals surface area contributed by atoms with Gasteiger partial charge in [-0.2, -0.15) is 0 Å². The van der Waals surface area contributed by atoms with Crippen LogP contribution in [0.25, 0.3) is 0 Å². The number of amides is 1. The fraction of sp³-hybridized carbons (Fsp3) is 0.438. The SMILES string of the molecule is CC(=O)N[C@@](C=O)(Cc1ccccc1)NCCOC(=O)[C@H](C)N. The first-order valence-electron chi connectivity index (χ1n) is 7.35. The second-order valence-corrected chi connectivity index (χ2v) is 5.32. The summed E-state index contributed by atoms with van der Waals surface area (Å²) in [7, 11) is 0. The van der Waals surface area contributed by atoms with Crippen molar-refractivity contribution in [3.05, 3.63) is 35.9 Å². The fourth-order valence-corrected chi connectivity index (χ4v) is 2.05. The van der Waals surface area contributed by atoms with Crippen molar-refractivity contribution in [1.29, 1.82) is 0 Å². The van der Waals surface area contributed by atoms with Crippen LogP contribution in [0.4, 0.5) is 0 Å². The van der Waals surface area contributed by atoms with Crippen LogP contribution >= 0.6 is 0 Å². The number of hydrogen-bond donors (Lipinski definition) is 3. The molecule has 1 aromatic rings. The van der Waals surface area contributed by atoms with Gasteiger partial charge in [0, 0.05) is 19.9 Å². The predicted octanol–water partition coefficient (Wildman–Crippen LogP) is -0.260. The maximum atomic E-state index is 11.6. The molecule has 1 rings (SSSR count). The van der Waals surface area contributed by atoms with Crippen LogP contribution in [0.5, 0.6) is 0 Å². The molecule has 0 heterocycles. The van der Waals surface area contributed by atoms with Gasteiger partial charge >= 0.3 is 5.97 Å². The van der Waals surface area contributed by atoms with Crippen LogP contribution < -0.4 is 16.4 Å². The van der Waals surface area contributed by atoms with E-state index in [1.54, 1.807) is 0 Å². The monoisotopic (exact) mass is 321 g/mol. The number of aldehydes is 1. The van der Waals surface area contributed by atoms with Crippen molar-refractivity contribution in [2.45, 2.75) is 32.0 Å². The van der Waals surface area contributed by atoms with Gasteiger partial charge in [-0.1, -0.05) is 30.3 Å². The van der Waals surface area contributed by atoms with Crippen molar-refractivity contribution in [3.63, 3.8) is 0 Å². The van der Waals surface area contributed by atoms with E-state index in [1.165, 1.54) is 13.8 Å². The molecule has 7 heteroatoms. The largest absolute Gasteiger partial charge is 0.463 e. The third-order valence-electron chi connectivity index (χ3n) is 3.08. The Labute approximate surface area is 135 Å². The summed E-state index contributed by atoms with van der Waals surface area (Å²) in [5.41, 5.74) is 5.02. The van der Waals surface area contributed by atoms with E-state index in [0.29, 0.717) is 6.29 Å². The Hall–Kier alpha value is -2.25. The molecular weight excluding hydrogens is 298 g/mol. The van der Waals surface area contributed by atoms with Gasteiger partial charge in [0.25, 0.3) is 0 Å². The Bertz CT molecular complexity index is 533. The third kappa shape index (κ3) is 6.58. The first-order chi connectivity index (χ1) is 10.9. The maximum Gasteiger partial charge on any atom is 0.322 e. The number of carbonyl (C=O) groups is 3. The molecule has 0 aliphatic carbocycles. The number of hydrogen-bond acceptors (Lipinski definition) is 6. The zero-order valence-corrected chi connectivity index (χ0v) is 13.4. The number of nitrogens with one attached hydrogen (secondary N) is 2. The van der Waals surface area contributed by atoms with Gasteiger partial charge in [0.15, 0.2) is 11.9 Å². The second-order valence-electron chi connectivity index (χ2n) is 5.32. The Morgan fingerprint density at radius 2 is 2.00 bits per heavy atom. The van der Waals surface area contributed by atoms with E-state index < -0.39 is 17.7 Å². The number of nitrogens with two attached hydrogens (primary N) is 1. The Balaban J connectivity index is 2.69. The summed E-state index contributed by atoms with van der Waals surface area (Å²) in [4.78, 5) is 34.3. The molecule has 23 heavy (non-hydrogen) atoms. The van der Waals surface area contributed by atoms with E-state index in [2.05, 4.69) is 10.6 Å². The lowest BCUT2D eigenvalue weighted by molar-refractivity contribution is -0.144. The predicted molar refractivity (Wildman–Crippen MR) is 85.4 cm³/mol. The number of esters is 1. The summed E-state index contributed by atoms with van der Waals surface area (Å²) >= 11 is 0. The number of ether oxygens (including phenoxy) is 1. The van der Waals surface area contributed by atoms with E-state index in [9.17, 15) is 14.4 Å². The summed E-state index contributed by atoms with van der Waals surface area (Å²) in [6, 6.07) is 8.58. The van der Waals surface area contributed by atoms with Gasteiger partial charge < -0.3 is 15.8 Å². The van der Waals surface area contributed by atoms with Gasteiger partial charge in [0.1, 0.15) is 12.6 Å². The van der Waals surface area contributed by atoms with Crippen LogP contribution in [-0.2, 0) is 25.5 Å². The van der Waals surface area contributed by atoms with Crippen molar-refractivity contribution < 1.29 is 19.1 Å². The van der Waals surface area contributed by atoms with Crippen molar-refractivity contribution in [2.75, 3.05) is 13.2 Å². The van der Waals surface area contributed by atoms with Crippen molar-refractivity contribution in [1.82, 2.24) is 10.6 Å². The first kappa shape index (κ1) is 18.8. The minimum atomic E-state index is -1.26. The molecule has 0 bridgehead atoms. The summed E-state index contributed by atoms with van der Waals surface area (Å²) < 4.78 is 4.94. The molecule has 0 radical (unpaired) electrons. The van der Waals surface area contributed by atoms with Crippen LogP contribution in [-0.4, -0.2) is 43.0 Å². The summed E-state index contributed by atoms with van der Waals surface area (Å²) in [5, 5.41) is 5.56. The van der Waals surface area contributed by atoms with E-state index in [0.717, 1.165) is 5.56 Å². The minimum absolute atomic E-state index is 0.0460. The van der Waals surface area contributed by atoms with Crippen LogP contribution in [0.3, 0.4) is 0 Å². The third-order valence-corrected chi connectivity index (χ3v) is 3.08. The molecule has 0 aliphatic heterocycles. The van der Waals surface area contributed by atoms with Crippen LogP contribution in [0.1, 0.15) is 19.4 Å². The van der Waals surface area contributed by atoms with Gasteiger partial charge in [-0.15, -0.1) is 0 Å². The molecule has 1 amide bonds. The normalized spacial score (nSPS) is 14.4. The Morgan fingerprint density at radius 1 is 1.35 bits per heavy atom. The molecule has 2 atom stereocenters.